The normalized spacial score (nSPS) is 17.0. The molecule has 0 bridgehead atoms. The highest BCUT2D eigenvalue weighted by Crippen LogP contribution is 2.36. The summed E-state index contributed by atoms with van der Waals surface area (Å²) in [6.07, 6.45) is 12.1. The number of hydrogen-bond acceptors (Lipinski definition) is 2. The van der Waals surface area contributed by atoms with E-state index in [9.17, 15) is 0 Å². The van der Waals surface area contributed by atoms with Gasteiger partial charge in [0.2, 0.25) is 0 Å². The highest BCUT2D eigenvalue weighted by Gasteiger charge is 2.18. The number of fused-ring (bicyclic) bond motifs is 2. The van der Waals surface area contributed by atoms with Gasteiger partial charge in [0, 0.05) is 29.1 Å². The maximum atomic E-state index is 4.77. The van der Waals surface area contributed by atoms with Gasteiger partial charge in [-0.3, -0.25) is 4.98 Å². The van der Waals surface area contributed by atoms with Gasteiger partial charge < -0.3 is 0 Å². The van der Waals surface area contributed by atoms with Crippen LogP contribution >= 0.6 is 24.8 Å². The summed E-state index contributed by atoms with van der Waals surface area (Å²) in [5.41, 5.74) is 3.53. The molecule has 1 aromatic carbocycles. The lowest BCUT2D eigenvalue weighted by atomic mass is 9.85. The second-order valence-electron chi connectivity index (χ2n) is 5.40. The third-order valence-electron chi connectivity index (χ3n) is 4.15. The number of rotatable bonds is 1. The molecule has 0 amide bonds. The van der Waals surface area contributed by atoms with E-state index in [1.807, 2.05) is 18.5 Å². The summed E-state index contributed by atoms with van der Waals surface area (Å²) < 4.78 is 0. The molecule has 2 nitrogen and oxygen atoms in total. The molecule has 4 rings (SSSR count). The molecule has 0 spiro atoms. The van der Waals surface area contributed by atoms with Crippen LogP contribution in [0.25, 0.3) is 21.8 Å². The van der Waals surface area contributed by atoms with Gasteiger partial charge in [-0.05, 0) is 37.0 Å². The first kappa shape index (κ1) is 16.7. The summed E-state index contributed by atoms with van der Waals surface area (Å²) in [5, 5.41) is 2.47. The van der Waals surface area contributed by atoms with Gasteiger partial charge in [0.05, 0.1) is 11.0 Å². The van der Waals surface area contributed by atoms with E-state index >= 15 is 0 Å². The largest absolute Gasteiger partial charge is 0.264 e. The van der Waals surface area contributed by atoms with Crippen molar-refractivity contribution in [1.82, 2.24) is 9.97 Å². The Bertz CT molecular complexity index is 760. The van der Waals surface area contributed by atoms with Crippen molar-refractivity contribution in [1.29, 1.82) is 0 Å². The summed E-state index contributed by atoms with van der Waals surface area (Å²) in [5.74, 6) is 0.489. The molecule has 1 aliphatic carbocycles. The number of aromatic nitrogens is 2. The van der Waals surface area contributed by atoms with Gasteiger partial charge in [0.15, 0.2) is 0 Å². The van der Waals surface area contributed by atoms with E-state index in [4.69, 9.17) is 4.98 Å². The second-order valence-corrected chi connectivity index (χ2v) is 5.40. The van der Waals surface area contributed by atoms with E-state index in [0.717, 1.165) is 11.0 Å². The minimum atomic E-state index is 0. The quantitative estimate of drug-likeness (QED) is 0.437. The van der Waals surface area contributed by atoms with Crippen LogP contribution in [0, 0.1) is 0 Å². The highest BCUT2D eigenvalue weighted by atomic mass is 35.5. The van der Waals surface area contributed by atoms with Gasteiger partial charge in [0.25, 0.3) is 0 Å². The number of pyridine rings is 2. The molecule has 0 saturated carbocycles. The summed E-state index contributed by atoms with van der Waals surface area (Å²) in [4.78, 5) is 9.08. The Hall–Kier alpha value is -1.64. The fourth-order valence-corrected chi connectivity index (χ4v) is 3.22. The monoisotopic (exact) mass is 332 g/mol. The van der Waals surface area contributed by atoms with Gasteiger partial charge in [-0.15, -0.1) is 24.8 Å². The zero-order chi connectivity index (χ0) is 13.4. The Morgan fingerprint density at radius 3 is 2.59 bits per heavy atom. The van der Waals surface area contributed by atoms with Crippen molar-refractivity contribution in [2.75, 3.05) is 0 Å². The van der Waals surface area contributed by atoms with Gasteiger partial charge in [-0.25, -0.2) is 4.98 Å². The predicted octanol–water partition coefficient (Wildman–Crippen LogP) is 5.45. The zero-order valence-electron chi connectivity index (χ0n) is 12.1. The molecule has 22 heavy (non-hydrogen) atoms. The molecule has 3 aromatic rings. The zero-order valence-corrected chi connectivity index (χ0v) is 13.7. The lowest BCUT2D eigenvalue weighted by molar-refractivity contribution is 0.660. The standard InChI is InChI=1S/C18H16N2.2ClH/c1-2-6-13(7-3-1)18-14-8-4-5-9-16(14)20-17-10-11-19-12-15(17)18;;/h2,4-6,8-13H,1,3,7H2;2*1H. The molecule has 0 saturated heterocycles. The number of benzene rings is 1. The molecule has 0 fully saturated rings. The van der Waals surface area contributed by atoms with Gasteiger partial charge in [-0.1, -0.05) is 30.4 Å². The molecule has 4 heteroatoms. The molecule has 1 unspecified atom stereocenters. The maximum absolute atomic E-state index is 4.77. The molecular weight excluding hydrogens is 315 g/mol. The molecule has 0 radical (unpaired) electrons. The fraction of sp³-hybridized carbons (Fsp3) is 0.222. The van der Waals surface area contributed by atoms with Crippen LogP contribution in [0.15, 0.2) is 54.9 Å². The molecule has 114 valence electrons. The van der Waals surface area contributed by atoms with Crippen LogP contribution < -0.4 is 0 Å². The molecule has 1 aliphatic rings. The van der Waals surface area contributed by atoms with Crippen LogP contribution in [-0.2, 0) is 0 Å². The first-order chi connectivity index (χ1) is 9.93. The smallest absolute Gasteiger partial charge is 0.0743 e. The van der Waals surface area contributed by atoms with E-state index in [0.29, 0.717) is 5.92 Å². The summed E-state index contributed by atoms with van der Waals surface area (Å²) >= 11 is 0. The number of allylic oxidation sites excluding steroid dienone is 2. The fourth-order valence-electron chi connectivity index (χ4n) is 3.22. The van der Waals surface area contributed by atoms with Crippen molar-refractivity contribution in [2.24, 2.45) is 0 Å². The highest BCUT2D eigenvalue weighted by molar-refractivity contribution is 5.97. The SMILES string of the molecule is C1=CC(c2c3ccccc3nc3ccncc23)CCC1.Cl.Cl. The van der Waals surface area contributed by atoms with Crippen molar-refractivity contribution in [3.05, 3.63) is 60.4 Å². The number of halogens is 2. The Morgan fingerprint density at radius 1 is 0.955 bits per heavy atom. The minimum absolute atomic E-state index is 0. The van der Waals surface area contributed by atoms with E-state index in [1.54, 1.807) is 0 Å². The lowest BCUT2D eigenvalue weighted by Crippen LogP contribution is -2.02. The van der Waals surface area contributed by atoms with Crippen LogP contribution in [0.3, 0.4) is 0 Å². The van der Waals surface area contributed by atoms with Crippen molar-refractivity contribution >= 4 is 46.6 Å². The third kappa shape index (κ3) is 2.81. The Balaban J connectivity index is 0.000000882. The third-order valence-corrected chi connectivity index (χ3v) is 4.15. The maximum Gasteiger partial charge on any atom is 0.0743 e. The van der Waals surface area contributed by atoms with Crippen LogP contribution in [0.2, 0.25) is 0 Å². The van der Waals surface area contributed by atoms with Crippen LogP contribution in [-0.4, -0.2) is 9.97 Å². The molecule has 0 aliphatic heterocycles. The summed E-state index contributed by atoms with van der Waals surface area (Å²) in [6.45, 7) is 0. The molecular formula is C18H18Cl2N2. The van der Waals surface area contributed by atoms with Crippen molar-refractivity contribution < 1.29 is 0 Å². The van der Waals surface area contributed by atoms with Gasteiger partial charge in [0.1, 0.15) is 0 Å². The summed E-state index contributed by atoms with van der Waals surface area (Å²) in [7, 11) is 0. The number of hydrogen-bond donors (Lipinski definition) is 0. The first-order valence-electron chi connectivity index (χ1n) is 7.22. The van der Waals surface area contributed by atoms with Crippen molar-refractivity contribution in [3.63, 3.8) is 0 Å². The summed E-state index contributed by atoms with van der Waals surface area (Å²) in [6, 6.07) is 10.5. The Kier molecular flexibility index (Phi) is 5.38. The predicted molar refractivity (Wildman–Crippen MR) is 97.3 cm³/mol. The van der Waals surface area contributed by atoms with Gasteiger partial charge in [-0.2, -0.15) is 0 Å². The van der Waals surface area contributed by atoms with Crippen LogP contribution in [0.4, 0.5) is 0 Å². The minimum Gasteiger partial charge on any atom is -0.264 e. The molecule has 1 atom stereocenters. The van der Waals surface area contributed by atoms with Crippen LogP contribution in [0.5, 0.6) is 0 Å². The van der Waals surface area contributed by atoms with E-state index in [1.165, 1.54) is 35.6 Å². The Labute approximate surface area is 142 Å². The van der Waals surface area contributed by atoms with Gasteiger partial charge >= 0.3 is 0 Å². The van der Waals surface area contributed by atoms with Crippen LogP contribution in [0.1, 0.15) is 30.7 Å². The van der Waals surface area contributed by atoms with E-state index in [2.05, 4.69) is 41.4 Å². The van der Waals surface area contributed by atoms with Crippen molar-refractivity contribution in [3.8, 4) is 0 Å². The average Bonchev–Trinajstić information content (AvgIpc) is 2.53. The van der Waals surface area contributed by atoms with Crippen molar-refractivity contribution in [2.45, 2.75) is 25.2 Å². The Morgan fingerprint density at radius 2 is 1.77 bits per heavy atom. The number of nitrogens with zero attached hydrogens (tertiary/aromatic N) is 2. The number of para-hydroxylation sites is 1. The first-order valence-corrected chi connectivity index (χ1v) is 7.22. The molecule has 2 heterocycles. The topological polar surface area (TPSA) is 25.8 Å². The average molecular weight is 333 g/mol. The lowest BCUT2D eigenvalue weighted by Gasteiger charge is -2.20. The molecule has 2 aromatic heterocycles. The van der Waals surface area contributed by atoms with E-state index in [-0.39, 0.29) is 24.8 Å². The molecule has 0 N–H and O–H groups in total. The second kappa shape index (κ2) is 7.08. The van der Waals surface area contributed by atoms with E-state index < -0.39 is 0 Å².